The second-order valence-electron chi connectivity index (χ2n) is 4.09. The highest BCUT2D eigenvalue weighted by Gasteiger charge is 2.16. The van der Waals surface area contributed by atoms with Crippen molar-refractivity contribution in [3.8, 4) is 5.75 Å². The lowest BCUT2D eigenvalue weighted by molar-refractivity contribution is -0.121. The summed E-state index contributed by atoms with van der Waals surface area (Å²) in [6.07, 6.45) is 0.241. The standard InChI is InChI=1S/C12H16ClNO4S/c1-8-7-11(19(13,16)17)9(2)6-10(8)18-5-4-12(15)14-3/h6-7H,4-5H2,1-3H3,(H,14,15). The second-order valence-corrected chi connectivity index (χ2v) is 6.63. The lowest BCUT2D eigenvalue weighted by Gasteiger charge is -2.11. The number of halogens is 1. The zero-order valence-electron chi connectivity index (χ0n) is 11.0. The number of benzene rings is 1. The molecule has 0 saturated heterocycles. The molecule has 0 aliphatic rings. The Morgan fingerprint density at radius 3 is 2.47 bits per heavy atom. The molecule has 1 aromatic carbocycles. The molecule has 106 valence electrons. The van der Waals surface area contributed by atoms with E-state index < -0.39 is 9.05 Å². The van der Waals surface area contributed by atoms with Crippen LogP contribution in [0, 0.1) is 13.8 Å². The molecule has 1 N–H and O–H groups in total. The second kappa shape index (κ2) is 6.25. The third-order valence-corrected chi connectivity index (χ3v) is 4.06. The van der Waals surface area contributed by atoms with Crippen molar-refractivity contribution in [1.82, 2.24) is 5.32 Å². The van der Waals surface area contributed by atoms with Gasteiger partial charge in [0.05, 0.1) is 17.9 Å². The van der Waals surface area contributed by atoms with Gasteiger partial charge in [-0.05, 0) is 37.1 Å². The molecule has 0 aliphatic carbocycles. The van der Waals surface area contributed by atoms with Crippen molar-refractivity contribution in [3.63, 3.8) is 0 Å². The fourth-order valence-corrected chi connectivity index (χ4v) is 2.82. The minimum absolute atomic E-state index is 0.0744. The Hall–Kier alpha value is -1.27. The van der Waals surface area contributed by atoms with Crippen LogP contribution >= 0.6 is 10.7 Å². The van der Waals surface area contributed by atoms with Gasteiger partial charge in [0.15, 0.2) is 0 Å². The van der Waals surface area contributed by atoms with Crippen LogP contribution < -0.4 is 10.1 Å². The molecule has 1 rings (SSSR count). The van der Waals surface area contributed by atoms with Crippen LogP contribution in [-0.4, -0.2) is 28.0 Å². The molecule has 7 heteroatoms. The molecule has 0 bridgehead atoms. The number of aryl methyl sites for hydroxylation is 2. The normalized spacial score (nSPS) is 11.2. The monoisotopic (exact) mass is 305 g/mol. The molecule has 0 spiro atoms. The van der Waals surface area contributed by atoms with Crippen molar-refractivity contribution in [2.24, 2.45) is 0 Å². The average Bonchev–Trinajstić information content (AvgIpc) is 2.31. The highest BCUT2D eigenvalue weighted by atomic mass is 35.7. The Morgan fingerprint density at radius 1 is 1.32 bits per heavy atom. The number of nitrogens with one attached hydrogen (secondary N) is 1. The van der Waals surface area contributed by atoms with E-state index in [9.17, 15) is 13.2 Å². The topological polar surface area (TPSA) is 72.5 Å². The molecule has 1 aromatic rings. The van der Waals surface area contributed by atoms with Gasteiger partial charge in [-0.25, -0.2) is 8.42 Å². The van der Waals surface area contributed by atoms with Crippen molar-refractivity contribution in [2.75, 3.05) is 13.7 Å². The molecule has 0 fully saturated rings. The van der Waals surface area contributed by atoms with E-state index in [1.165, 1.54) is 6.07 Å². The number of hydrogen-bond acceptors (Lipinski definition) is 4. The first-order valence-corrected chi connectivity index (χ1v) is 7.96. The summed E-state index contributed by atoms with van der Waals surface area (Å²) in [6.45, 7) is 3.59. The maximum Gasteiger partial charge on any atom is 0.261 e. The van der Waals surface area contributed by atoms with Crippen molar-refractivity contribution < 1.29 is 17.9 Å². The first-order chi connectivity index (χ1) is 8.75. The van der Waals surface area contributed by atoms with E-state index in [1.807, 2.05) is 0 Å². The quantitative estimate of drug-likeness (QED) is 0.841. The predicted octanol–water partition coefficient (Wildman–Crippen LogP) is 1.75. The van der Waals surface area contributed by atoms with Crippen LogP contribution in [0.1, 0.15) is 17.5 Å². The number of ether oxygens (including phenoxy) is 1. The van der Waals surface area contributed by atoms with Gasteiger partial charge in [0, 0.05) is 17.7 Å². The average molecular weight is 306 g/mol. The Labute approximate surface area is 117 Å². The minimum Gasteiger partial charge on any atom is -0.493 e. The Balaban J connectivity index is 2.88. The first-order valence-electron chi connectivity index (χ1n) is 5.65. The molecular weight excluding hydrogens is 290 g/mol. The summed E-state index contributed by atoms with van der Waals surface area (Å²) in [5, 5.41) is 2.49. The molecular formula is C12H16ClNO4S. The van der Waals surface area contributed by atoms with Crippen LogP contribution in [0.3, 0.4) is 0 Å². The summed E-state index contributed by atoms with van der Waals surface area (Å²) in [5.41, 5.74) is 1.16. The lowest BCUT2D eigenvalue weighted by atomic mass is 10.1. The highest BCUT2D eigenvalue weighted by Crippen LogP contribution is 2.27. The molecule has 0 atom stereocenters. The summed E-state index contributed by atoms with van der Waals surface area (Å²) in [5.74, 6) is 0.430. The van der Waals surface area contributed by atoms with Crippen LogP contribution in [0.2, 0.25) is 0 Å². The van der Waals surface area contributed by atoms with Gasteiger partial charge < -0.3 is 10.1 Å². The van der Waals surface area contributed by atoms with Gasteiger partial charge in [-0.1, -0.05) is 0 Å². The van der Waals surface area contributed by atoms with Crippen molar-refractivity contribution >= 4 is 25.6 Å². The Kier molecular flexibility index (Phi) is 5.20. The highest BCUT2D eigenvalue weighted by molar-refractivity contribution is 8.13. The molecule has 0 radical (unpaired) electrons. The van der Waals surface area contributed by atoms with Crippen molar-refractivity contribution in [1.29, 1.82) is 0 Å². The minimum atomic E-state index is -3.76. The zero-order chi connectivity index (χ0) is 14.6. The van der Waals surface area contributed by atoms with Crippen LogP contribution in [0.15, 0.2) is 17.0 Å². The predicted molar refractivity (Wildman–Crippen MR) is 73.1 cm³/mol. The van der Waals surface area contributed by atoms with Gasteiger partial charge in [-0.3, -0.25) is 4.79 Å². The molecule has 1 amide bonds. The number of carbonyl (C=O) groups is 1. The van der Waals surface area contributed by atoms with Crippen LogP contribution in [0.5, 0.6) is 5.75 Å². The molecule has 19 heavy (non-hydrogen) atoms. The third-order valence-electron chi connectivity index (χ3n) is 2.60. The van der Waals surface area contributed by atoms with E-state index in [2.05, 4.69) is 5.32 Å². The third kappa shape index (κ3) is 4.40. The van der Waals surface area contributed by atoms with Gasteiger partial charge in [0.1, 0.15) is 5.75 Å². The summed E-state index contributed by atoms with van der Waals surface area (Å²) < 4.78 is 28.1. The van der Waals surface area contributed by atoms with Gasteiger partial charge in [-0.2, -0.15) is 0 Å². The summed E-state index contributed by atoms with van der Waals surface area (Å²) in [4.78, 5) is 11.1. The first kappa shape index (κ1) is 15.8. The number of carbonyl (C=O) groups excluding carboxylic acids is 1. The van der Waals surface area contributed by atoms with Crippen LogP contribution in [0.4, 0.5) is 0 Å². The van der Waals surface area contributed by atoms with E-state index >= 15 is 0 Å². The fourth-order valence-electron chi connectivity index (χ4n) is 1.56. The number of hydrogen-bond donors (Lipinski definition) is 1. The fraction of sp³-hybridized carbons (Fsp3) is 0.417. The largest absolute Gasteiger partial charge is 0.493 e. The maximum absolute atomic E-state index is 11.3. The van der Waals surface area contributed by atoms with E-state index in [0.717, 1.165) is 0 Å². The molecule has 5 nitrogen and oxygen atoms in total. The summed E-state index contributed by atoms with van der Waals surface area (Å²) in [7, 11) is 3.13. The lowest BCUT2D eigenvalue weighted by Crippen LogP contribution is -2.20. The molecule has 0 heterocycles. The van der Waals surface area contributed by atoms with E-state index in [-0.39, 0.29) is 23.8 Å². The zero-order valence-corrected chi connectivity index (χ0v) is 12.6. The van der Waals surface area contributed by atoms with Crippen LogP contribution in [-0.2, 0) is 13.8 Å². The van der Waals surface area contributed by atoms with E-state index in [1.54, 1.807) is 27.0 Å². The molecule has 0 saturated carbocycles. The summed E-state index contributed by atoms with van der Waals surface area (Å²) >= 11 is 0. The van der Waals surface area contributed by atoms with E-state index in [4.69, 9.17) is 15.4 Å². The van der Waals surface area contributed by atoms with Gasteiger partial charge in [0.25, 0.3) is 9.05 Å². The maximum atomic E-state index is 11.3. The van der Waals surface area contributed by atoms with Gasteiger partial charge >= 0.3 is 0 Å². The van der Waals surface area contributed by atoms with Gasteiger partial charge in [-0.15, -0.1) is 0 Å². The SMILES string of the molecule is CNC(=O)CCOc1cc(C)c(S(=O)(=O)Cl)cc1C. The van der Waals surface area contributed by atoms with E-state index in [0.29, 0.717) is 16.9 Å². The molecule has 0 unspecified atom stereocenters. The molecule has 0 aliphatic heterocycles. The van der Waals surface area contributed by atoms with Crippen LogP contribution in [0.25, 0.3) is 0 Å². The summed E-state index contributed by atoms with van der Waals surface area (Å²) in [6, 6.07) is 3.07. The number of amides is 1. The number of rotatable bonds is 5. The van der Waals surface area contributed by atoms with Crippen molar-refractivity contribution in [2.45, 2.75) is 25.2 Å². The smallest absolute Gasteiger partial charge is 0.261 e. The Morgan fingerprint density at radius 2 is 1.95 bits per heavy atom. The van der Waals surface area contributed by atoms with Gasteiger partial charge in [0.2, 0.25) is 5.91 Å². The Bertz CT molecular complexity index is 584. The molecule has 0 aromatic heterocycles. The van der Waals surface area contributed by atoms with Crippen molar-refractivity contribution in [3.05, 3.63) is 23.3 Å².